The van der Waals surface area contributed by atoms with Crippen LogP contribution in [0.3, 0.4) is 0 Å². The molecule has 0 rings (SSSR count). The third kappa shape index (κ3) is 5.64. The van der Waals surface area contributed by atoms with Crippen LogP contribution in [0.15, 0.2) is 12.7 Å². The van der Waals surface area contributed by atoms with Crippen molar-refractivity contribution in [1.29, 1.82) is 0 Å². The average molecular weight is 217 g/mol. The van der Waals surface area contributed by atoms with Crippen LogP contribution in [-0.2, 0) is 9.59 Å². The Morgan fingerprint density at radius 2 is 2.29 bits per heavy atom. The topological polar surface area (TPSA) is 66.4 Å². The summed E-state index contributed by atoms with van der Waals surface area (Å²) in [4.78, 5) is 21.7. The highest BCUT2D eigenvalue weighted by Gasteiger charge is 2.16. The number of aliphatic carboxylic acids is 1. The first-order chi connectivity index (χ1) is 6.61. The molecule has 0 aromatic carbocycles. The van der Waals surface area contributed by atoms with Gasteiger partial charge in [-0.25, -0.2) is 4.79 Å². The third-order valence-corrected chi connectivity index (χ3v) is 2.45. The number of nitrogens with one attached hydrogen (secondary N) is 1. The number of amides is 1. The molecule has 4 nitrogen and oxygen atoms in total. The number of carbonyl (C=O) groups is 2. The van der Waals surface area contributed by atoms with Gasteiger partial charge in [0.1, 0.15) is 6.04 Å². The van der Waals surface area contributed by atoms with E-state index in [-0.39, 0.29) is 11.7 Å². The summed E-state index contributed by atoms with van der Waals surface area (Å²) in [5.74, 6) is -0.270. The van der Waals surface area contributed by atoms with Crippen LogP contribution < -0.4 is 5.32 Å². The van der Waals surface area contributed by atoms with E-state index in [2.05, 4.69) is 11.9 Å². The van der Waals surface area contributed by atoms with Gasteiger partial charge in [-0.1, -0.05) is 13.0 Å². The lowest BCUT2D eigenvalue weighted by molar-refractivity contribution is -0.141. The molecule has 0 fully saturated rings. The van der Waals surface area contributed by atoms with E-state index < -0.39 is 12.0 Å². The van der Waals surface area contributed by atoms with Crippen molar-refractivity contribution in [2.75, 3.05) is 11.5 Å². The molecule has 0 aromatic heterocycles. The Bertz CT molecular complexity index is 218. The molecule has 0 radical (unpaired) electrons. The van der Waals surface area contributed by atoms with E-state index >= 15 is 0 Å². The van der Waals surface area contributed by atoms with Crippen molar-refractivity contribution in [3.63, 3.8) is 0 Å². The number of hydrogen-bond acceptors (Lipinski definition) is 3. The van der Waals surface area contributed by atoms with E-state index in [1.165, 1.54) is 11.8 Å². The minimum absolute atomic E-state index is 0.244. The molecule has 1 amide bonds. The standard InChI is InChI=1S/C9H15NO3S/c1-3-5-14-6-8(11)10-7(4-2)9(12)13/h3,7H,1,4-6H2,2H3,(H,10,11)(H,12,13). The maximum Gasteiger partial charge on any atom is 0.326 e. The van der Waals surface area contributed by atoms with Gasteiger partial charge in [0.05, 0.1) is 5.75 Å². The zero-order valence-corrected chi connectivity index (χ0v) is 8.97. The summed E-state index contributed by atoms with van der Waals surface area (Å²) in [6, 6.07) is -0.771. The molecule has 14 heavy (non-hydrogen) atoms. The highest BCUT2D eigenvalue weighted by atomic mass is 32.2. The van der Waals surface area contributed by atoms with Gasteiger partial charge in [-0.2, -0.15) is 0 Å². The SMILES string of the molecule is C=CCSCC(=O)NC(CC)C(=O)O. The second-order valence-electron chi connectivity index (χ2n) is 2.67. The van der Waals surface area contributed by atoms with Gasteiger partial charge in [-0.15, -0.1) is 18.3 Å². The van der Waals surface area contributed by atoms with Crippen molar-refractivity contribution >= 4 is 23.6 Å². The Balaban J connectivity index is 3.79. The summed E-state index contributed by atoms with van der Waals surface area (Å²) < 4.78 is 0. The highest BCUT2D eigenvalue weighted by Crippen LogP contribution is 1.99. The third-order valence-electron chi connectivity index (χ3n) is 1.51. The van der Waals surface area contributed by atoms with Crippen LogP contribution in [-0.4, -0.2) is 34.5 Å². The molecule has 0 spiro atoms. The van der Waals surface area contributed by atoms with Gasteiger partial charge < -0.3 is 10.4 Å². The van der Waals surface area contributed by atoms with Crippen LogP contribution in [0.2, 0.25) is 0 Å². The van der Waals surface area contributed by atoms with Gasteiger partial charge in [0, 0.05) is 5.75 Å². The summed E-state index contributed by atoms with van der Waals surface area (Å²) in [5.41, 5.74) is 0. The molecule has 0 bridgehead atoms. The molecule has 0 aliphatic carbocycles. The molecule has 0 saturated heterocycles. The van der Waals surface area contributed by atoms with Crippen molar-refractivity contribution < 1.29 is 14.7 Å². The fourth-order valence-electron chi connectivity index (χ4n) is 0.809. The van der Waals surface area contributed by atoms with Crippen LogP contribution in [0, 0.1) is 0 Å². The quantitative estimate of drug-likeness (QED) is 0.491. The zero-order valence-electron chi connectivity index (χ0n) is 8.16. The van der Waals surface area contributed by atoms with Gasteiger partial charge in [0.25, 0.3) is 0 Å². The van der Waals surface area contributed by atoms with Crippen molar-refractivity contribution in [3.8, 4) is 0 Å². The summed E-state index contributed by atoms with van der Waals surface area (Å²) >= 11 is 1.40. The minimum Gasteiger partial charge on any atom is -0.480 e. The van der Waals surface area contributed by atoms with Crippen LogP contribution in [0.5, 0.6) is 0 Å². The van der Waals surface area contributed by atoms with Crippen LogP contribution in [0.25, 0.3) is 0 Å². The number of carboxylic acids is 1. The number of hydrogen-bond donors (Lipinski definition) is 2. The first-order valence-corrected chi connectivity index (χ1v) is 5.48. The van der Waals surface area contributed by atoms with E-state index in [1.807, 2.05) is 0 Å². The lowest BCUT2D eigenvalue weighted by Crippen LogP contribution is -2.41. The van der Waals surface area contributed by atoms with E-state index in [0.717, 1.165) is 0 Å². The van der Waals surface area contributed by atoms with Crippen molar-refractivity contribution in [2.24, 2.45) is 0 Å². The number of rotatable bonds is 7. The predicted molar refractivity (Wildman–Crippen MR) is 57.4 cm³/mol. The fourth-order valence-corrected chi connectivity index (χ4v) is 1.36. The van der Waals surface area contributed by atoms with Gasteiger partial charge in [-0.3, -0.25) is 4.79 Å². The summed E-state index contributed by atoms with van der Waals surface area (Å²) in [5, 5.41) is 11.1. The molecule has 0 aliphatic rings. The maximum absolute atomic E-state index is 11.2. The molecule has 5 heteroatoms. The first-order valence-electron chi connectivity index (χ1n) is 4.32. The normalized spacial score (nSPS) is 11.8. The van der Waals surface area contributed by atoms with Gasteiger partial charge >= 0.3 is 5.97 Å². The molecule has 0 heterocycles. The number of carbonyl (C=O) groups excluding carboxylic acids is 1. The Morgan fingerprint density at radius 3 is 2.71 bits per heavy atom. The molecule has 1 atom stereocenters. The van der Waals surface area contributed by atoms with Gasteiger partial charge in [0.15, 0.2) is 0 Å². The Hall–Kier alpha value is -0.970. The molecule has 0 aromatic rings. The van der Waals surface area contributed by atoms with Crippen LogP contribution in [0.4, 0.5) is 0 Å². The summed E-state index contributed by atoms with van der Waals surface area (Å²) in [6.45, 7) is 5.23. The van der Waals surface area contributed by atoms with E-state index in [0.29, 0.717) is 12.2 Å². The van der Waals surface area contributed by atoms with E-state index in [9.17, 15) is 9.59 Å². The predicted octanol–water partition coefficient (Wildman–Crippen LogP) is 0.885. The Morgan fingerprint density at radius 1 is 1.64 bits per heavy atom. The summed E-state index contributed by atoms with van der Waals surface area (Å²) in [6.07, 6.45) is 2.10. The Labute approximate surface area is 87.8 Å². The second kappa shape index (κ2) is 7.44. The van der Waals surface area contributed by atoms with Crippen molar-refractivity contribution in [3.05, 3.63) is 12.7 Å². The minimum atomic E-state index is -0.991. The number of thioether (sulfide) groups is 1. The smallest absolute Gasteiger partial charge is 0.326 e. The van der Waals surface area contributed by atoms with Gasteiger partial charge in [0.2, 0.25) is 5.91 Å². The largest absolute Gasteiger partial charge is 0.480 e. The number of carboxylic acid groups (broad SMARTS) is 1. The van der Waals surface area contributed by atoms with Crippen molar-refractivity contribution in [1.82, 2.24) is 5.32 Å². The lowest BCUT2D eigenvalue weighted by Gasteiger charge is -2.11. The summed E-state index contributed by atoms with van der Waals surface area (Å²) in [7, 11) is 0. The van der Waals surface area contributed by atoms with Crippen molar-refractivity contribution in [2.45, 2.75) is 19.4 Å². The molecule has 1 unspecified atom stereocenters. The zero-order chi connectivity index (χ0) is 11.0. The molecular weight excluding hydrogens is 202 g/mol. The molecule has 0 aliphatic heterocycles. The van der Waals surface area contributed by atoms with E-state index in [1.54, 1.807) is 13.0 Å². The fraction of sp³-hybridized carbons (Fsp3) is 0.556. The van der Waals surface area contributed by atoms with Gasteiger partial charge in [-0.05, 0) is 6.42 Å². The molecule has 80 valence electrons. The molecular formula is C9H15NO3S. The van der Waals surface area contributed by atoms with Crippen LogP contribution in [0.1, 0.15) is 13.3 Å². The van der Waals surface area contributed by atoms with Crippen LogP contribution >= 0.6 is 11.8 Å². The second-order valence-corrected chi connectivity index (χ2v) is 3.70. The maximum atomic E-state index is 11.2. The van der Waals surface area contributed by atoms with E-state index in [4.69, 9.17) is 5.11 Å². The monoisotopic (exact) mass is 217 g/mol. The Kier molecular flexibility index (Phi) is 6.92. The lowest BCUT2D eigenvalue weighted by atomic mass is 10.2. The first kappa shape index (κ1) is 13.0. The molecule has 2 N–H and O–H groups in total. The highest BCUT2D eigenvalue weighted by molar-refractivity contribution is 8.00. The molecule has 0 saturated carbocycles. The average Bonchev–Trinajstić information content (AvgIpc) is 2.14.